The van der Waals surface area contributed by atoms with Gasteiger partial charge in [-0.3, -0.25) is 0 Å². The van der Waals surface area contributed by atoms with Crippen LogP contribution >= 0.6 is 12.2 Å². The van der Waals surface area contributed by atoms with Gasteiger partial charge in [0.1, 0.15) is 5.69 Å². The van der Waals surface area contributed by atoms with Crippen molar-refractivity contribution in [3.05, 3.63) is 53.6 Å². The Bertz CT molecular complexity index is 950. The van der Waals surface area contributed by atoms with E-state index >= 15 is 0 Å². The van der Waals surface area contributed by atoms with Crippen molar-refractivity contribution in [2.75, 3.05) is 0 Å². The maximum absolute atomic E-state index is 14.1. The largest absolute Gasteiger partial charge is 0.204 e. The second kappa shape index (κ2) is 11.9. The first-order valence-electron chi connectivity index (χ1n) is 11.3. The number of rotatable bonds is 7. The van der Waals surface area contributed by atoms with E-state index in [1.165, 1.54) is 69.9 Å². The van der Waals surface area contributed by atoms with E-state index in [1.54, 1.807) is 0 Å². The molecule has 1 aliphatic rings. The summed E-state index contributed by atoms with van der Waals surface area (Å²) in [6.07, 6.45) is 11.8. The normalized spacial score (nSPS) is 18.0. The first-order chi connectivity index (χ1) is 15.1. The third-order valence-corrected chi connectivity index (χ3v) is 6.22. The summed E-state index contributed by atoms with van der Waals surface area (Å²) in [6, 6.07) is 10.0. The summed E-state index contributed by atoms with van der Waals surface area (Å²) in [6.45, 7) is 2.26. The Kier molecular flexibility index (Phi) is 8.95. The molecule has 2 aromatic rings. The van der Waals surface area contributed by atoms with Crippen LogP contribution in [0, 0.1) is 35.3 Å². The van der Waals surface area contributed by atoms with E-state index in [1.807, 2.05) is 29.4 Å². The first-order valence-corrected chi connectivity index (χ1v) is 11.7. The molecule has 3 rings (SSSR count). The minimum Gasteiger partial charge on any atom is -0.204 e. The molecule has 1 saturated carbocycles. The maximum atomic E-state index is 14.1. The lowest BCUT2D eigenvalue weighted by molar-refractivity contribution is 0.294. The molecule has 162 valence electrons. The van der Waals surface area contributed by atoms with Crippen LogP contribution in [0.15, 0.2) is 41.4 Å². The van der Waals surface area contributed by atoms with Gasteiger partial charge in [-0.15, -0.1) is 0 Å². The number of hydrogen-bond donors (Lipinski definition) is 0. The van der Waals surface area contributed by atoms with Gasteiger partial charge in [0.25, 0.3) is 0 Å². The molecule has 0 atom stereocenters. The van der Waals surface area contributed by atoms with Gasteiger partial charge in [0, 0.05) is 11.5 Å². The summed E-state index contributed by atoms with van der Waals surface area (Å²) in [4.78, 5) is 3.45. The molecule has 0 spiro atoms. The highest BCUT2D eigenvalue weighted by Crippen LogP contribution is 2.32. The third-order valence-electron chi connectivity index (χ3n) is 6.13. The standard InChI is InChI=1S/C27H29F2NS/c1-2-3-4-5-6-20-7-9-21(10-8-20)11-12-22-13-15-23(16-14-22)24-17-25(28)27(30-19-31)26(29)18-24/h13-18,20-21H,2-10H2,1H3. The molecule has 1 aliphatic carbocycles. The zero-order valence-electron chi connectivity index (χ0n) is 18.1. The number of halogens is 2. The second-order valence-corrected chi connectivity index (χ2v) is 8.59. The average Bonchev–Trinajstić information content (AvgIpc) is 2.79. The molecule has 2 aromatic carbocycles. The Balaban J connectivity index is 1.57. The molecule has 1 nitrogen and oxygen atoms in total. The summed E-state index contributed by atoms with van der Waals surface area (Å²) >= 11 is 4.43. The van der Waals surface area contributed by atoms with Gasteiger partial charge in [0.05, 0.1) is 5.16 Å². The smallest absolute Gasteiger partial charge is 0.153 e. The average molecular weight is 438 g/mol. The SMILES string of the molecule is CCCCCCC1CCC(C#Cc2ccc(-c3cc(F)c(N=C=S)c(F)c3)cc2)CC1. The van der Waals surface area contributed by atoms with Gasteiger partial charge in [0.15, 0.2) is 11.6 Å². The van der Waals surface area contributed by atoms with E-state index in [2.05, 4.69) is 36.0 Å². The number of isothiocyanates is 1. The fourth-order valence-electron chi connectivity index (χ4n) is 4.27. The van der Waals surface area contributed by atoms with Crippen molar-refractivity contribution in [2.24, 2.45) is 16.8 Å². The Hall–Kier alpha value is -2.34. The molecular weight excluding hydrogens is 408 g/mol. The highest BCUT2D eigenvalue weighted by atomic mass is 32.1. The van der Waals surface area contributed by atoms with Crippen molar-refractivity contribution in [1.29, 1.82) is 0 Å². The molecule has 0 aromatic heterocycles. The molecule has 0 amide bonds. The fourth-order valence-corrected chi connectivity index (χ4v) is 4.36. The van der Waals surface area contributed by atoms with Crippen molar-refractivity contribution in [3.63, 3.8) is 0 Å². The first kappa shape index (κ1) is 23.3. The molecule has 0 N–H and O–H groups in total. The van der Waals surface area contributed by atoms with Crippen molar-refractivity contribution in [1.82, 2.24) is 0 Å². The van der Waals surface area contributed by atoms with Gasteiger partial charge >= 0.3 is 0 Å². The van der Waals surface area contributed by atoms with Crippen LogP contribution in [0.25, 0.3) is 11.1 Å². The molecule has 0 aliphatic heterocycles. The van der Waals surface area contributed by atoms with Crippen LogP contribution in [0.4, 0.5) is 14.5 Å². The monoisotopic (exact) mass is 437 g/mol. The molecule has 4 heteroatoms. The predicted octanol–water partition coefficient (Wildman–Crippen LogP) is 8.49. The zero-order chi connectivity index (χ0) is 22.1. The van der Waals surface area contributed by atoms with Crippen molar-refractivity contribution < 1.29 is 8.78 Å². The predicted molar refractivity (Wildman–Crippen MR) is 128 cm³/mol. The Morgan fingerprint density at radius 3 is 2.23 bits per heavy atom. The summed E-state index contributed by atoms with van der Waals surface area (Å²) in [5.41, 5.74) is 1.70. The lowest BCUT2D eigenvalue weighted by Gasteiger charge is -2.25. The minimum absolute atomic E-state index is 0.406. The lowest BCUT2D eigenvalue weighted by atomic mass is 9.80. The highest BCUT2D eigenvalue weighted by Gasteiger charge is 2.19. The molecule has 0 saturated heterocycles. The molecule has 0 heterocycles. The number of benzene rings is 2. The lowest BCUT2D eigenvalue weighted by Crippen LogP contribution is -2.13. The van der Waals surface area contributed by atoms with Crippen LogP contribution in [0.2, 0.25) is 0 Å². The van der Waals surface area contributed by atoms with Crippen LogP contribution < -0.4 is 0 Å². The van der Waals surface area contributed by atoms with E-state index in [-0.39, 0.29) is 0 Å². The number of unbranched alkanes of at least 4 members (excludes halogenated alkanes) is 3. The summed E-state index contributed by atoms with van der Waals surface area (Å²) < 4.78 is 28.2. The zero-order valence-corrected chi connectivity index (χ0v) is 18.9. The molecule has 0 unspecified atom stereocenters. The van der Waals surface area contributed by atoms with E-state index in [0.717, 1.165) is 17.0 Å². The van der Waals surface area contributed by atoms with Crippen molar-refractivity contribution >= 4 is 23.1 Å². The molecule has 0 radical (unpaired) electrons. The molecule has 1 fully saturated rings. The van der Waals surface area contributed by atoms with Crippen LogP contribution in [0.1, 0.15) is 70.3 Å². The number of thiocarbonyl (C=S) groups is 1. The second-order valence-electron chi connectivity index (χ2n) is 8.41. The van der Waals surface area contributed by atoms with Gasteiger partial charge in [-0.05, 0) is 79.2 Å². The number of hydrogen-bond acceptors (Lipinski definition) is 2. The van der Waals surface area contributed by atoms with E-state index in [4.69, 9.17) is 0 Å². The van der Waals surface area contributed by atoms with Crippen LogP contribution in [-0.4, -0.2) is 5.16 Å². The van der Waals surface area contributed by atoms with E-state index < -0.39 is 17.3 Å². The quantitative estimate of drug-likeness (QED) is 0.183. The van der Waals surface area contributed by atoms with Gasteiger partial charge in [0.2, 0.25) is 0 Å². The Labute approximate surface area is 190 Å². The number of aliphatic imine (C=N–C) groups is 1. The van der Waals surface area contributed by atoms with Crippen molar-refractivity contribution in [2.45, 2.75) is 64.7 Å². The molecule has 0 bridgehead atoms. The van der Waals surface area contributed by atoms with Crippen LogP contribution in [0.3, 0.4) is 0 Å². The van der Waals surface area contributed by atoms with Crippen molar-refractivity contribution in [3.8, 4) is 23.0 Å². The van der Waals surface area contributed by atoms with Gasteiger partial charge in [-0.25, -0.2) is 8.78 Å². The third kappa shape index (κ3) is 6.82. The van der Waals surface area contributed by atoms with E-state index in [9.17, 15) is 8.78 Å². The highest BCUT2D eigenvalue weighted by molar-refractivity contribution is 7.78. The van der Waals surface area contributed by atoms with Crippen LogP contribution in [-0.2, 0) is 0 Å². The van der Waals surface area contributed by atoms with Gasteiger partial charge in [-0.2, -0.15) is 4.99 Å². The molecular formula is C27H29F2NS. The maximum Gasteiger partial charge on any atom is 0.153 e. The summed E-state index contributed by atoms with van der Waals surface area (Å²) in [7, 11) is 0. The van der Waals surface area contributed by atoms with Crippen LogP contribution in [0.5, 0.6) is 0 Å². The fraction of sp³-hybridized carbons (Fsp3) is 0.444. The summed E-state index contributed by atoms with van der Waals surface area (Å²) in [5.74, 6) is 6.57. The van der Waals surface area contributed by atoms with Gasteiger partial charge in [-0.1, -0.05) is 63.0 Å². The van der Waals surface area contributed by atoms with Gasteiger partial charge < -0.3 is 0 Å². The number of nitrogens with zero attached hydrogens (tertiary/aromatic N) is 1. The Morgan fingerprint density at radius 1 is 0.935 bits per heavy atom. The minimum atomic E-state index is -0.753. The molecule has 31 heavy (non-hydrogen) atoms. The Morgan fingerprint density at radius 2 is 1.61 bits per heavy atom. The van der Waals surface area contributed by atoms with E-state index in [0.29, 0.717) is 11.5 Å². The topological polar surface area (TPSA) is 12.4 Å². The summed E-state index contributed by atoms with van der Waals surface area (Å²) in [5, 5.41) is 2.00.